The Bertz CT molecular complexity index is 1110. The van der Waals surface area contributed by atoms with Crippen molar-refractivity contribution in [2.24, 2.45) is 17.8 Å². The van der Waals surface area contributed by atoms with Crippen LogP contribution in [0.1, 0.15) is 68.1 Å². The summed E-state index contributed by atoms with van der Waals surface area (Å²) in [5.41, 5.74) is 2.61. The highest BCUT2D eigenvalue weighted by Crippen LogP contribution is 2.45. The van der Waals surface area contributed by atoms with E-state index >= 15 is 0 Å². The Morgan fingerprint density at radius 1 is 1.05 bits per heavy atom. The van der Waals surface area contributed by atoms with E-state index in [0.717, 1.165) is 17.5 Å². The van der Waals surface area contributed by atoms with Crippen LogP contribution in [0.25, 0.3) is 11.1 Å². The van der Waals surface area contributed by atoms with Gasteiger partial charge in [0.05, 0.1) is 18.1 Å². The lowest BCUT2D eigenvalue weighted by molar-refractivity contribution is -0.141. The number of hydrogen-bond donors (Lipinski definition) is 1. The first-order valence-electron chi connectivity index (χ1n) is 13.6. The highest BCUT2D eigenvalue weighted by Gasteiger charge is 2.51. The van der Waals surface area contributed by atoms with Crippen molar-refractivity contribution in [1.29, 1.82) is 0 Å². The van der Waals surface area contributed by atoms with Gasteiger partial charge in [-0.25, -0.2) is 4.79 Å². The molecule has 1 unspecified atom stereocenters. The molecule has 5 atom stereocenters. The van der Waals surface area contributed by atoms with Gasteiger partial charge in [0, 0.05) is 22.7 Å². The second kappa shape index (κ2) is 12.0. The number of ether oxygens (including phenoxy) is 2. The third-order valence-electron chi connectivity index (χ3n) is 8.28. The van der Waals surface area contributed by atoms with Gasteiger partial charge in [-0.05, 0) is 42.0 Å². The lowest BCUT2D eigenvalue weighted by atomic mass is 9.85. The Hall–Kier alpha value is -2.44. The summed E-state index contributed by atoms with van der Waals surface area (Å²) in [6.07, 6.45) is 9.62. The molecule has 196 valence electrons. The highest BCUT2D eigenvalue weighted by atomic mass is 79.9. The normalized spacial score (nSPS) is 27.0. The van der Waals surface area contributed by atoms with Crippen molar-refractivity contribution in [3.63, 3.8) is 0 Å². The van der Waals surface area contributed by atoms with Crippen LogP contribution < -0.4 is 0 Å². The maximum absolute atomic E-state index is 13.1. The molecule has 2 aromatic carbocycles. The van der Waals surface area contributed by atoms with Gasteiger partial charge in [-0.3, -0.25) is 4.79 Å². The average Bonchev–Trinajstić information content (AvgIpc) is 3.44. The van der Waals surface area contributed by atoms with Gasteiger partial charge < -0.3 is 14.6 Å². The molecule has 5 rings (SSSR count). The average molecular weight is 568 g/mol. The maximum atomic E-state index is 13.1. The SMILES string of the molecule is O=C1C[C@@H]2[C@H](C=C(Br)C(O)CCC3CCCCC3)[C@H](OC(=O)c3ccc(-c4ccccc4)cc3)C[C@@H]2O1. The van der Waals surface area contributed by atoms with E-state index in [1.54, 1.807) is 12.1 Å². The molecule has 6 heteroatoms. The molecule has 5 nitrogen and oxygen atoms in total. The first-order chi connectivity index (χ1) is 18.0. The molecule has 0 spiro atoms. The molecular formula is C31H35BrO5. The molecule has 1 saturated heterocycles. The predicted molar refractivity (Wildman–Crippen MR) is 146 cm³/mol. The number of benzene rings is 2. The molecule has 3 aliphatic rings. The Balaban J connectivity index is 1.25. The van der Waals surface area contributed by atoms with Crippen molar-refractivity contribution in [2.75, 3.05) is 0 Å². The van der Waals surface area contributed by atoms with Crippen LogP contribution in [0.4, 0.5) is 0 Å². The number of halogens is 1. The van der Waals surface area contributed by atoms with E-state index in [4.69, 9.17) is 9.47 Å². The second-order valence-corrected chi connectivity index (χ2v) is 11.7. The van der Waals surface area contributed by atoms with Crippen molar-refractivity contribution in [3.8, 4) is 11.1 Å². The van der Waals surface area contributed by atoms with Crippen LogP contribution in [0.3, 0.4) is 0 Å². The zero-order valence-corrected chi connectivity index (χ0v) is 22.6. The van der Waals surface area contributed by atoms with Crippen LogP contribution in [0.15, 0.2) is 65.2 Å². The quantitative estimate of drug-likeness (QED) is 0.354. The minimum absolute atomic E-state index is 0.0520. The van der Waals surface area contributed by atoms with E-state index < -0.39 is 12.2 Å². The van der Waals surface area contributed by atoms with Crippen LogP contribution in [-0.4, -0.2) is 35.4 Å². The minimum Gasteiger partial charge on any atom is -0.462 e. The number of aliphatic hydroxyl groups is 1. The van der Waals surface area contributed by atoms with Crippen molar-refractivity contribution < 1.29 is 24.2 Å². The van der Waals surface area contributed by atoms with Crippen molar-refractivity contribution in [2.45, 2.75) is 76.1 Å². The third kappa shape index (κ3) is 6.35. The number of fused-ring (bicyclic) bond motifs is 1. The Labute approximate surface area is 227 Å². The lowest BCUT2D eigenvalue weighted by Gasteiger charge is -2.24. The molecule has 0 radical (unpaired) electrons. The van der Waals surface area contributed by atoms with E-state index in [2.05, 4.69) is 15.9 Å². The van der Waals surface area contributed by atoms with Gasteiger partial charge >= 0.3 is 11.9 Å². The minimum atomic E-state index is -0.596. The highest BCUT2D eigenvalue weighted by molar-refractivity contribution is 9.11. The fraction of sp³-hybridized carbons (Fsp3) is 0.484. The van der Waals surface area contributed by atoms with Crippen LogP contribution in [0.2, 0.25) is 0 Å². The van der Waals surface area contributed by atoms with Crippen LogP contribution >= 0.6 is 15.9 Å². The first-order valence-corrected chi connectivity index (χ1v) is 14.4. The van der Waals surface area contributed by atoms with E-state index in [-0.39, 0.29) is 29.9 Å². The second-order valence-electron chi connectivity index (χ2n) is 10.7. The summed E-state index contributed by atoms with van der Waals surface area (Å²) >= 11 is 3.60. The Morgan fingerprint density at radius 3 is 2.49 bits per heavy atom. The maximum Gasteiger partial charge on any atom is 0.338 e. The molecule has 0 amide bonds. The van der Waals surface area contributed by atoms with Gasteiger partial charge in [0.2, 0.25) is 0 Å². The molecule has 0 bridgehead atoms. The molecule has 1 aliphatic heterocycles. The molecule has 2 saturated carbocycles. The fourth-order valence-electron chi connectivity index (χ4n) is 6.19. The zero-order valence-electron chi connectivity index (χ0n) is 21.1. The van der Waals surface area contributed by atoms with Gasteiger partial charge in [0.25, 0.3) is 0 Å². The van der Waals surface area contributed by atoms with Gasteiger partial charge in [0.1, 0.15) is 12.2 Å². The largest absolute Gasteiger partial charge is 0.462 e. The summed E-state index contributed by atoms with van der Waals surface area (Å²) in [4.78, 5) is 25.1. The van der Waals surface area contributed by atoms with Crippen LogP contribution in [-0.2, 0) is 14.3 Å². The summed E-state index contributed by atoms with van der Waals surface area (Å²) in [6.45, 7) is 0. The van der Waals surface area contributed by atoms with Crippen LogP contribution in [0, 0.1) is 17.8 Å². The number of aliphatic hydroxyl groups excluding tert-OH is 1. The smallest absolute Gasteiger partial charge is 0.338 e. The van der Waals surface area contributed by atoms with Gasteiger partial charge in [-0.15, -0.1) is 0 Å². The number of carbonyl (C=O) groups excluding carboxylic acids is 2. The van der Waals surface area contributed by atoms with Crippen molar-refractivity contribution >= 4 is 27.9 Å². The zero-order chi connectivity index (χ0) is 25.8. The molecule has 1 N–H and O–H groups in total. The Morgan fingerprint density at radius 2 is 1.76 bits per heavy atom. The van der Waals surface area contributed by atoms with Crippen molar-refractivity contribution in [3.05, 3.63) is 70.7 Å². The van der Waals surface area contributed by atoms with E-state index in [0.29, 0.717) is 35.2 Å². The standard InChI is InChI=1S/C31H35BrO5/c32-26(27(33)16-11-20-7-3-1-4-8-20)17-24-25-18-30(34)36-28(25)19-29(24)37-31(35)23-14-12-22(13-15-23)21-9-5-2-6-10-21/h2,5-6,9-10,12-15,17,20,24-25,27-29,33H,1,3-4,7-8,11,16,18-19H2/t24-,25+,27?,28-,29+/m0/s1. The molecule has 0 aromatic heterocycles. The van der Waals surface area contributed by atoms with E-state index in [1.807, 2.05) is 48.5 Å². The number of rotatable bonds is 8. The molecule has 2 aromatic rings. The van der Waals surface area contributed by atoms with Crippen LogP contribution in [0.5, 0.6) is 0 Å². The first kappa shape index (κ1) is 26.2. The van der Waals surface area contributed by atoms with Crippen molar-refractivity contribution in [1.82, 2.24) is 0 Å². The topological polar surface area (TPSA) is 72.8 Å². The van der Waals surface area contributed by atoms with Gasteiger partial charge in [-0.1, -0.05) is 96.6 Å². The number of carbonyl (C=O) groups is 2. The monoisotopic (exact) mass is 566 g/mol. The molecule has 1 heterocycles. The molecule has 37 heavy (non-hydrogen) atoms. The molecule has 3 fully saturated rings. The summed E-state index contributed by atoms with van der Waals surface area (Å²) in [6, 6.07) is 17.4. The van der Waals surface area contributed by atoms with Gasteiger partial charge in [0.15, 0.2) is 0 Å². The predicted octanol–water partition coefficient (Wildman–Crippen LogP) is 6.83. The molecule has 2 aliphatic carbocycles. The fourth-order valence-corrected chi connectivity index (χ4v) is 6.73. The third-order valence-corrected chi connectivity index (χ3v) is 9.07. The summed E-state index contributed by atoms with van der Waals surface area (Å²) in [7, 11) is 0. The van der Waals surface area contributed by atoms with E-state index in [9.17, 15) is 14.7 Å². The summed E-state index contributed by atoms with van der Waals surface area (Å²) < 4.78 is 12.2. The number of esters is 2. The lowest BCUT2D eigenvalue weighted by Crippen LogP contribution is -2.25. The van der Waals surface area contributed by atoms with E-state index in [1.165, 1.54) is 32.1 Å². The summed E-state index contributed by atoms with van der Waals surface area (Å²) in [5.74, 6) is -0.138. The molecular weight excluding hydrogens is 532 g/mol. The number of hydrogen-bond acceptors (Lipinski definition) is 5. The Kier molecular flexibility index (Phi) is 8.46. The van der Waals surface area contributed by atoms with Gasteiger partial charge in [-0.2, -0.15) is 0 Å². The summed E-state index contributed by atoms with van der Waals surface area (Å²) in [5, 5.41) is 10.8.